The van der Waals surface area contributed by atoms with E-state index in [4.69, 9.17) is 0 Å². The van der Waals surface area contributed by atoms with Crippen LogP contribution in [0, 0.1) is 11.8 Å². The molecule has 0 aromatic carbocycles. The topological polar surface area (TPSA) is 57.7 Å². The van der Waals surface area contributed by atoms with Gasteiger partial charge in [-0.05, 0) is 6.42 Å². The molecule has 1 saturated heterocycles. The van der Waals surface area contributed by atoms with Gasteiger partial charge in [0, 0.05) is 37.4 Å². The van der Waals surface area contributed by atoms with Crippen molar-refractivity contribution in [3.8, 4) is 0 Å². The third-order valence-corrected chi connectivity index (χ3v) is 4.34. The Morgan fingerprint density at radius 2 is 1.55 bits per heavy atom. The minimum absolute atomic E-state index is 0.0357. The van der Waals surface area contributed by atoms with Crippen molar-refractivity contribution in [1.29, 1.82) is 0 Å². The lowest BCUT2D eigenvalue weighted by Crippen LogP contribution is -2.45. The summed E-state index contributed by atoms with van der Waals surface area (Å²) in [7, 11) is 0. The van der Waals surface area contributed by atoms with E-state index in [2.05, 4.69) is 0 Å². The lowest BCUT2D eigenvalue weighted by Gasteiger charge is -2.29. The quantitative estimate of drug-likeness (QED) is 0.685. The van der Waals surface area contributed by atoms with Gasteiger partial charge in [0.1, 0.15) is 11.6 Å². The van der Waals surface area contributed by atoms with Crippen LogP contribution in [0.3, 0.4) is 0 Å². The molecule has 0 saturated carbocycles. The Bertz CT molecular complexity index is 396. The summed E-state index contributed by atoms with van der Waals surface area (Å²) in [5.74, 6) is 0.374. The van der Waals surface area contributed by atoms with Gasteiger partial charge in [-0.2, -0.15) is 0 Å². The molecule has 0 spiro atoms. The van der Waals surface area contributed by atoms with Crippen LogP contribution in [0.5, 0.6) is 0 Å². The Hall–Kier alpha value is -1.23. The Labute approximate surface area is 134 Å². The van der Waals surface area contributed by atoms with E-state index < -0.39 is 0 Å². The molecule has 5 nitrogen and oxygen atoms in total. The maximum absolute atomic E-state index is 12.1. The van der Waals surface area contributed by atoms with E-state index in [9.17, 15) is 14.4 Å². The van der Waals surface area contributed by atoms with Gasteiger partial charge >= 0.3 is 0 Å². The molecular formula is C17H30N2O3. The monoisotopic (exact) mass is 310 g/mol. The second kappa shape index (κ2) is 8.42. The molecule has 1 unspecified atom stereocenters. The van der Waals surface area contributed by atoms with Crippen molar-refractivity contribution >= 4 is 17.5 Å². The summed E-state index contributed by atoms with van der Waals surface area (Å²) in [6, 6.07) is 0.112. The highest BCUT2D eigenvalue weighted by Gasteiger charge is 2.32. The molecule has 126 valence electrons. The molecule has 0 aliphatic carbocycles. The average Bonchev–Trinajstić information content (AvgIpc) is 2.94. The third-order valence-electron chi connectivity index (χ3n) is 4.34. The molecule has 0 bridgehead atoms. The first-order valence-corrected chi connectivity index (χ1v) is 8.33. The van der Waals surface area contributed by atoms with E-state index >= 15 is 0 Å². The predicted octanol–water partition coefficient (Wildman–Crippen LogP) is 1.75. The van der Waals surface area contributed by atoms with Crippen molar-refractivity contribution in [2.45, 2.75) is 53.5 Å². The molecular weight excluding hydrogens is 280 g/mol. The molecule has 0 N–H and O–H groups in total. The Morgan fingerprint density at radius 3 is 1.95 bits per heavy atom. The molecule has 0 aromatic rings. The van der Waals surface area contributed by atoms with Crippen molar-refractivity contribution in [1.82, 2.24) is 9.80 Å². The molecule has 1 amide bonds. The smallest absolute Gasteiger partial charge is 0.222 e. The summed E-state index contributed by atoms with van der Waals surface area (Å²) >= 11 is 0. The number of ketones is 2. The van der Waals surface area contributed by atoms with Gasteiger partial charge in [0.05, 0.1) is 13.1 Å². The van der Waals surface area contributed by atoms with Gasteiger partial charge in [-0.25, -0.2) is 0 Å². The molecule has 1 heterocycles. The van der Waals surface area contributed by atoms with Crippen LogP contribution in [0.25, 0.3) is 0 Å². The first kappa shape index (κ1) is 18.8. The summed E-state index contributed by atoms with van der Waals surface area (Å²) in [5, 5.41) is 0. The highest BCUT2D eigenvalue weighted by Crippen LogP contribution is 2.18. The molecule has 1 rings (SSSR count). The Balaban J connectivity index is 2.75. The number of rotatable bonds is 8. The first-order valence-electron chi connectivity index (χ1n) is 8.33. The Kier molecular flexibility index (Phi) is 7.20. The van der Waals surface area contributed by atoms with Crippen LogP contribution < -0.4 is 0 Å². The van der Waals surface area contributed by atoms with Crippen molar-refractivity contribution in [2.24, 2.45) is 11.8 Å². The van der Waals surface area contributed by atoms with Gasteiger partial charge in [-0.15, -0.1) is 0 Å². The molecule has 0 radical (unpaired) electrons. The van der Waals surface area contributed by atoms with Gasteiger partial charge in [-0.1, -0.05) is 34.6 Å². The molecule has 22 heavy (non-hydrogen) atoms. The van der Waals surface area contributed by atoms with Crippen LogP contribution >= 0.6 is 0 Å². The Morgan fingerprint density at radius 1 is 1.05 bits per heavy atom. The van der Waals surface area contributed by atoms with Crippen LogP contribution in [0.1, 0.15) is 47.5 Å². The number of Topliss-reactive ketones (excluding diaryl/α,β-unsaturated/α-hetero) is 2. The van der Waals surface area contributed by atoms with Gasteiger partial charge in [0.15, 0.2) is 0 Å². The standard InChI is InChI=1S/C17H30N2O3/c1-6-17(22)18-8-7-14(9-18)19(10-15(20)12(2)3)11-16(21)13(4)5/h12-14H,6-11H2,1-5H3. The van der Waals surface area contributed by atoms with Crippen molar-refractivity contribution < 1.29 is 14.4 Å². The summed E-state index contributed by atoms with van der Waals surface area (Å²) in [5.41, 5.74) is 0. The maximum Gasteiger partial charge on any atom is 0.222 e. The normalized spacial score (nSPS) is 18.5. The van der Waals surface area contributed by atoms with Crippen LogP contribution in [-0.4, -0.2) is 59.5 Å². The summed E-state index contributed by atoms with van der Waals surface area (Å²) in [6.07, 6.45) is 1.34. The van der Waals surface area contributed by atoms with Crippen LogP contribution in [-0.2, 0) is 14.4 Å². The number of carbonyl (C=O) groups excluding carboxylic acids is 3. The summed E-state index contributed by atoms with van der Waals surface area (Å²) < 4.78 is 0. The maximum atomic E-state index is 12.1. The van der Waals surface area contributed by atoms with Crippen LogP contribution in [0.15, 0.2) is 0 Å². The number of hydrogen-bond acceptors (Lipinski definition) is 4. The molecule has 1 fully saturated rings. The van der Waals surface area contributed by atoms with Gasteiger partial charge in [0.2, 0.25) is 5.91 Å². The molecule has 5 heteroatoms. The fourth-order valence-corrected chi connectivity index (χ4v) is 2.57. The summed E-state index contributed by atoms with van der Waals surface area (Å²) in [6.45, 7) is 11.3. The van der Waals surface area contributed by atoms with Gasteiger partial charge in [0.25, 0.3) is 0 Å². The zero-order valence-corrected chi connectivity index (χ0v) is 14.6. The lowest BCUT2D eigenvalue weighted by molar-refractivity contribution is -0.130. The zero-order chi connectivity index (χ0) is 16.9. The lowest BCUT2D eigenvalue weighted by atomic mass is 10.0. The van der Waals surface area contributed by atoms with Crippen molar-refractivity contribution in [2.75, 3.05) is 26.2 Å². The van der Waals surface area contributed by atoms with E-state index in [1.165, 1.54) is 0 Å². The number of hydrogen-bond donors (Lipinski definition) is 0. The van der Waals surface area contributed by atoms with E-state index in [0.29, 0.717) is 26.1 Å². The van der Waals surface area contributed by atoms with Crippen LogP contribution in [0.4, 0.5) is 0 Å². The average molecular weight is 310 g/mol. The third kappa shape index (κ3) is 5.20. The predicted molar refractivity (Wildman–Crippen MR) is 86.5 cm³/mol. The highest BCUT2D eigenvalue weighted by atomic mass is 16.2. The van der Waals surface area contributed by atoms with E-state index in [1.54, 1.807) is 0 Å². The van der Waals surface area contributed by atoms with E-state index in [0.717, 1.165) is 13.0 Å². The number of nitrogens with zero attached hydrogens (tertiary/aromatic N) is 2. The van der Waals surface area contributed by atoms with E-state index in [1.807, 2.05) is 44.4 Å². The van der Waals surface area contributed by atoms with E-state index in [-0.39, 0.29) is 35.4 Å². The second-order valence-electron chi connectivity index (χ2n) is 6.78. The molecule has 1 aliphatic heterocycles. The molecule has 1 aliphatic rings. The fourth-order valence-electron chi connectivity index (χ4n) is 2.57. The highest BCUT2D eigenvalue weighted by molar-refractivity contribution is 5.85. The zero-order valence-electron chi connectivity index (χ0n) is 14.6. The fraction of sp³-hybridized carbons (Fsp3) is 0.824. The van der Waals surface area contributed by atoms with Gasteiger partial charge < -0.3 is 4.90 Å². The minimum Gasteiger partial charge on any atom is -0.341 e. The molecule has 0 aromatic heterocycles. The van der Waals surface area contributed by atoms with Crippen molar-refractivity contribution in [3.63, 3.8) is 0 Å². The molecule has 1 atom stereocenters. The SMILES string of the molecule is CCC(=O)N1CCC(N(CC(=O)C(C)C)CC(=O)C(C)C)C1. The minimum atomic E-state index is -0.0357. The van der Waals surface area contributed by atoms with Crippen molar-refractivity contribution in [3.05, 3.63) is 0 Å². The number of amides is 1. The largest absolute Gasteiger partial charge is 0.341 e. The second-order valence-corrected chi connectivity index (χ2v) is 6.78. The van der Waals surface area contributed by atoms with Gasteiger partial charge in [-0.3, -0.25) is 19.3 Å². The first-order chi connectivity index (χ1) is 10.3. The summed E-state index contributed by atoms with van der Waals surface area (Å²) in [4.78, 5) is 39.8. The number of likely N-dealkylation sites (tertiary alicyclic amines) is 1. The number of carbonyl (C=O) groups is 3. The van der Waals surface area contributed by atoms with Crippen LogP contribution in [0.2, 0.25) is 0 Å².